The fraction of sp³-hybridized carbons (Fsp3) is 0.459. The number of hydrogen-bond donors (Lipinski definition) is 3. The second kappa shape index (κ2) is 21.2. The van der Waals surface area contributed by atoms with Crippen LogP contribution in [0.1, 0.15) is 91.8 Å². The first-order valence-corrected chi connectivity index (χ1v) is 19.2. The highest BCUT2D eigenvalue weighted by molar-refractivity contribution is 7.53. The summed E-state index contributed by atoms with van der Waals surface area (Å²) in [5, 5.41) is 9.31. The Kier molecular flexibility index (Phi) is 17.1. The van der Waals surface area contributed by atoms with Crippen LogP contribution in [0.3, 0.4) is 0 Å². The first-order valence-electron chi connectivity index (χ1n) is 17.4. The molecule has 14 heteroatoms. The van der Waals surface area contributed by atoms with Gasteiger partial charge < -0.3 is 29.4 Å². The third-order valence-electron chi connectivity index (χ3n) is 8.17. The van der Waals surface area contributed by atoms with Crippen molar-refractivity contribution in [3.63, 3.8) is 0 Å². The lowest BCUT2D eigenvalue weighted by molar-refractivity contribution is -0.200. The molecule has 0 fully saturated rings. The highest BCUT2D eigenvalue weighted by Gasteiger charge is 2.32. The Morgan fingerprint density at radius 1 is 0.902 bits per heavy atom. The van der Waals surface area contributed by atoms with Crippen molar-refractivity contribution in [2.45, 2.75) is 79.4 Å². The summed E-state index contributed by atoms with van der Waals surface area (Å²) in [5.74, 6) is -1.38. The lowest BCUT2D eigenvalue weighted by Crippen LogP contribution is -2.48. The molecule has 2 aromatic carbocycles. The van der Waals surface area contributed by atoms with Crippen LogP contribution in [0.2, 0.25) is 0 Å². The average molecular weight is 727 g/mol. The Labute approximate surface area is 300 Å². The van der Waals surface area contributed by atoms with E-state index in [2.05, 4.69) is 22.9 Å². The lowest BCUT2D eigenvalue weighted by Gasteiger charge is -2.32. The molecular weight excluding hydrogens is 675 g/mol. The summed E-state index contributed by atoms with van der Waals surface area (Å²) in [6.45, 7) is 9.53. The van der Waals surface area contributed by atoms with Gasteiger partial charge in [0.15, 0.2) is 5.76 Å². The van der Waals surface area contributed by atoms with Crippen LogP contribution in [0, 0.1) is 12.8 Å². The molecule has 0 saturated carbocycles. The van der Waals surface area contributed by atoms with E-state index < -0.39 is 31.4 Å². The van der Waals surface area contributed by atoms with Crippen LogP contribution in [-0.4, -0.2) is 61.4 Å². The molecule has 0 unspecified atom stereocenters. The molecule has 0 aliphatic carbocycles. The number of hydrogen-bond acceptors (Lipinski definition) is 9. The van der Waals surface area contributed by atoms with E-state index in [4.69, 9.17) is 18.3 Å². The Bertz CT molecular complexity index is 1600. The van der Waals surface area contributed by atoms with Gasteiger partial charge in [0.05, 0.1) is 31.8 Å². The van der Waals surface area contributed by atoms with Gasteiger partial charge in [-0.3, -0.25) is 28.6 Å². The molecule has 0 aliphatic heterocycles. The molecule has 3 N–H and O–H groups in total. The van der Waals surface area contributed by atoms with E-state index in [-0.39, 0.29) is 44.4 Å². The van der Waals surface area contributed by atoms with Crippen molar-refractivity contribution in [3.8, 4) is 11.3 Å². The van der Waals surface area contributed by atoms with Crippen molar-refractivity contribution in [1.82, 2.24) is 21.0 Å². The van der Waals surface area contributed by atoms with Crippen molar-refractivity contribution in [2.24, 2.45) is 5.92 Å². The van der Waals surface area contributed by atoms with Crippen LogP contribution in [0.4, 0.5) is 0 Å². The number of benzene rings is 2. The first-order chi connectivity index (χ1) is 24.6. The SMILES string of the molecule is CCCCC[C@@H](C(=O)NCNC(=O)c1ccc(-c2ccc(C(=O)NCP(=O)(OCC)OCC)c(C)c2)o1)[C@@H](CC)N(C=O)OCc1ccccc1. The highest BCUT2D eigenvalue weighted by atomic mass is 31.2. The largest absolute Gasteiger partial charge is 0.451 e. The topological polar surface area (TPSA) is 166 Å². The van der Waals surface area contributed by atoms with E-state index in [1.165, 1.54) is 11.1 Å². The second-order valence-corrected chi connectivity index (χ2v) is 13.9. The van der Waals surface area contributed by atoms with Crippen LogP contribution in [-0.2, 0) is 34.6 Å². The molecule has 0 aliphatic rings. The number of nitrogens with zero attached hydrogens (tertiary/aromatic N) is 1. The van der Waals surface area contributed by atoms with E-state index >= 15 is 0 Å². The smallest absolute Gasteiger partial charge is 0.349 e. The predicted molar refractivity (Wildman–Crippen MR) is 193 cm³/mol. The zero-order valence-corrected chi connectivity index (χ0v) is 31.0. The van der Waals surface area contributed by atoms with Crippen molar-refractivity contribution in [2.75, 3.05) is 26.2 Å². The van der Waals surface area contributed by atoms with Gasteiger partial charge in [-0.1, -0.05) is 69.5 Å². The number of amides is 4. The van der Waals surface area contributed by atoms with E-state index in [1.54, 1.807) is 45.0 Å². The van der Waals surface area contributed by atoms with Gasteiger partial charge in [0.25, 0.3) is 11.8 Å². The molecular formula is C37H51N4O9P. The molecule has 3 rings (SSSR count). The van der Waals surface area contributed by atoms with E-state index in [0.717, 1.165) is 24.8 Å². The molecule has 1 aromatic heterocycles. The molecule has 0 spiro atoms. The molecule has 13 nitrogen and oxygen atoms in total. The van der Waals surface area contributed by atoms with Crippen LogP contribution >= 0.6 is 7.60 Å². The number of aryl methyl sites for hydroxylation is 1. The van der Waals surface area contributed by atoms with E-state index in [1.807, 2.05) is 37.3 Å². The zero-order chi connectivity index (χ0) is 37.2. The normalized spacial score (nSPS) is 12.5. The molecule has 2 atom stereocenters. The number of carbonyl (C=O) groups is 4. The molecule has 278 valence electrons. The van der Waals surface area contributed by atoms with Crippen LogP contribution in [0.25, 0.3) is 11.3 Å². The monoisotopic (exact) mass is 726 g/mol. The number of hydroxylamine groups is 2. The summed E-state index contributed by atoms with van der Waals surface area (Å²) in [6, 6.07) is 17.2. The Morgan fingerprint density at radius 2 is 1.63 bits per heavy atom. The van der Waals surface area contributed by atoms with Gasteiger partial charge in [-0.15, -0.1) is 0 Å². The third-order valence-corrected chi connectivity index (χ3v) is 10.0. The predicted octanol–water partition coefficient (Wildman–Crippen LogP) is 6.58. The Hall–Kier alpha value is -4.29. The van der Waals surface area contributed by atoms with Gasteiger partial charge in [0.2, 0.25) is 12.3 Å². The van der Waals surface area contributed by atoms with Gasteiger partial charge >= 0.3 is 7.60 Å². The maximum atomic E-state index is 13.5. The van der Waals surface area contributed by atoms with Crippen molar-refractivity contribution < 1.29 is 42.0 Å². The van der Waals surface area contributed by atoms with Gasteiger partial charge in [-0.25, -0.2) is 5.06 Å². The summed E-state index contributed by atoms with van der Waals surface area (Å²) in [7, 11) is -3.45. The summed E-state index contributed by atoms with van der Waals surface area (Å²) in [6.07, 6.45) is 4.11. The van der Waals surface area contributed by atoms with E-state index in [0.29, 0.717) is 41.7 Å². The first kappa shape index (κ1) is 41.1. The summed E-state index contributed by atoms with van der Waals surface area (Å²) >= 11 is 0. The number of unbranched alkanes of at least 4 members (excludes halogenated alkanes) is 2. The summed E-state index contributed by atoms with van der Waals surface area (Å²) in [5.41, 5.74) is 2.54. The van der Waals surface area contributed by atoms with Gasteiger partial charge in [0.1, 0.15) is 18.7 Å². The van der Waals surface area contributed by atoms with Crippen LogP contribution in [0.15, 0.2) is 65.1 Å². The Balaban J connectivity index is 1.60. The molecule has 51 heavy (non-hydrogen) atoms. The zero-order valence-electron chi connectivity index (χ0n) is 30.1. The van der Waals surface area contributed by atoms with Crippen LogP contribution in [0.5, 0.6) is 0 Å². The number of furan rings is 1. The quantitative estimate of drug-likeness (QED) is 0.0322. The van der Waals surface area contributed by atoms with Gasteiger partial charge in [-0.2, -0.15) is 0 Å². The minimum absolute atomic E-state index is 0.0358. The molecule has 0 radical (unpaired) electrons. The van der Waals surface area contributed by atoms with E-state index in [9.17, 15) is 23.7 Å². The number of carbonyl (C=O) groups excluding carboxylic acids is 4. The Morgan fingerprint density at radius 3 is 2.25 bits per heavy atom. The van der Waals surface area contributed by atoms with Crippen LogP contribution < -0.4 is 16.0 Å². The average Bonchev–Trinajstić information content (AvgIpc) is 3.63. The fourth-order valence-electron chi connectivity index (χ4n) is 5.58. The summed E-state index contributed by atoms with van der Waals surface area (Å²) < 4.78 is 29.0. The maximum Gasteiger partial charge on any atom is 0.349 e. The maximum absolute atomic E-state index is 13.5. The molecule has 1 heterocycles. The fourth-order valence-corrected chi connectivity index (χ4v) is 6.97. The van der Waals surface area contributed by atoms with Crippen molar-refractivity contribution in [1.29, 1.82) is 0 Å². The minimum atomic E-state index is -3.45. The standard InChI is InChI=1S/C37H51N4O9P/c1-6-10-12-17-31(32(7-2)41(26-42)47-23-28-15-13-11-14-16-28)36(44)38-24-39-37(45)34-21-20-33(50-34)29-18-19-30(27(5)22-29)35(43)40-25-51(46,48-8-3)49-9-4/h11,13-16,18-22,26,31-32H,6-10,12,17,23-25H2,1-5H3,(H,38,44)(H,39,45)(H,40,43)/t31-,32-/m1/s1. The molecule has 0 saturated heterocycles. The summed E-state index contributed by atoms with van der Waals surface area (Å²) in [4.78, 5) is 57.1. The molecule has 4 amide bonds. The third kappa shape index (κ3) is 12.5. The lowest BCUT2D eigenvalue weighted by atomic mass is 9.90. The highest BCUT2D eigenvalue weighted by Crippen LogP contribution is 2.46. The van der Waals surface area contributed by atoms with Gasteiger partial charge in [-0.05, 0) is 69.0 Å². The van der Waals surface area contributed by atoms with Gasteiger partial charge in [0, 0.05) is 11.1 Å². The molecule has 3 aromatic rings. The minimum Gasteiger partial charge on any atom is -0.451 e. The second-order valence-electron chi connectivity index (χ2n) is 11.8. The number of rotatable bonds is 23. The van der Waals surface area contributed by atoms with Crippen molar-refractivity contribution in [3.05, 3.63) is 83.1 Å². The number of nitrogens with one attached hydrogen (secondary N) is 3. The molecule has 0 bridgehead atoms. The van der Waals surface area contributed by atoms with Crippen molar-refractivity contribution >= 4 is 31.7 Å².